The summed E-state index contributed by atoms with van der Waals surface area (Å²) >= 11 is 0. The van der Waals surface area contributed by atoms with Crippen molar-refractivity contribution in [3.05, 3.63) is 12.4 Å². The van der Waals surface area contributed by atoms with Crippen LogP contribution in [0, 0.1) is 5.41 Å². The Bertz CT molecular complexity index is 490. The first-order valence-electron chi connectivity index (χ1n) is 6.90. The molecule has 0 radical (unpaired) electrons. The molecule has 20 heavy (non-hydrogen) atoms. The number of nitrogens with zero attached hydrogens (tertiary/aromatic N) is 3. The largest absolute Gasteiger partial charge is 0.480 e. The quantitative estimate of drug-likeness (QED) is 0.908. The highest BCUT2D eigenvalue weighted by atomic mass is 16.5. The molecule has 1 fully saturated rings. The highest BCUT2D eigenvalue weighted by Gasteiger charge is 2.43. The van der Waals surface area contributed by atoms with Crippen molar-refractivity contribution in [3.63, 3.8) is 0 Å². The normalized spacial score (nSPS) is 21.6. The van der Waals surface area contributed by atoms with Gasteiger partial charge in [0, 0.05) is 6.54 Å². The molecule has 110 valence electrons. The van der Waals surface area contributed by atoms with Crippen molar-refractivity contribution in [2.24, 2.45) is 5.41 Å². The van der Waals surface area contributed by atoms with E-state index in [2.05, 4.69) is 9.97 Å². The van der Waals surface area contributed by atoms with Gasteiger partial charge in [-0.2, -0.15) is 4.98 Å². The van der Waals surface area contributed by atoms with Crippen LogP contribution >= 0.6 is 0 Å². The van der Waals surface area contributed by atoms with Gasteiger partial charge in [-0.15, -0.1) is 0 Å². The molecule has 1 atom stereocenters. The molecule has 1 unspecified atom stereocenters. The van der Waals surface area contributed by atoms with Gasteiger partial charge in [0.2, 0.25) is 5.88 Å². The molecular weight excluding hydrogens is 258 g/mol. The fraction of sp³-hybridized carbons (Fsp3) is 0.643. The molecule has 1 aliphatic rings. The third-order valence-corrected chi connectivity index (χ3v) is 3.69. The lowest BCUT2D eigenvalue weighted by Crippen LogP contribution is -2.54. The predicted octanol–water partition coefficient (Wildman–Crippen LogP) is 1.95. The molecule has 0 aliphatic carbocycles. The maximum atomic E-state index is 11.6. The summed E-state index contributed by atoms with van der Waals surface area (Å²) in [4.78, 5) is 21.9. The maximum absolute atomic E-state index is 11.6. The van der Waals surface area contributed by atoms with Crippen LogP contribution in [0.2, 0.25) is 0 Å². The standard InChI is InChI=1S/C14H21N3O3/c1-4-20-11-9-15-8-10(16-11)17-7-5-6-14(2,3)12(17)13(18)19/h8-9,12H,4-7H2,1-3H3,(H,18,19). The molecule has 0 saturated carbocycles. The van der Waals surface area contributed by atoms with Crippen molar-refractivity contribution < 1.29 is 14.6 Å². The molecule has 1 saturated heterocycles. The van der Waals surface area contributed by atoms with E-state index in [1.807, 2.05) is 25.7 Å². The van der Waals surface area contributed by atoms with Crippen LogP contribution in [-0.4, -0.2) is 40.2 Å². The Morgan fingerprint density at radius 3 is 2.95 bits per heavy atom. The molecule has 6 heteroatoms. The van der Waals surface area contributed by atoms with Crippen LogP contribution in [0.4, 0.5) is 5.82 Å². The number of rotatable bonds is 4. The van der Waals surface area contributed by atoms with Crippen LogP contribution in [0.1, 0.15) is 33.6 Å². The monoisotopic (exact) mass is 279 g/mol. The molecule has 0 aromatic carbocycles. The number of aliphatic carboxylic acids is 1. The van der Waals surface area contributed by atoms with Crippen LogP contribution in [0.15, 0.2) is 12.4 Å². The fourth-order valence-electron chi connectivity index (χ4n) is 2.80. The molecule has 0 amide bonds. The molecular formula is C14H21N3O3. The van der Waals surface area contributed by atoms with Gasteiger partial charge < -0.3 is 14.7 Å². The van der Waals surface area contributed by atoms with E-state index in [0.29, 0.717) is 24.8 Å². The minimum Gasteiger partial charge on any atom is -0.480 e. The van der Waals surface area contributed by atoms with Crippen molar-refractivity contribution in [2.75, 3.05) is 18.1 Å². The van der Waals surface area contributed by atoms with Crippen molar-refractivity contribution in [1.29, 1.82) is 0 Å². The number of anilines is 1. The van der Waals surface area contributed by atoms with E-state index in [1.165, 1.54) is 6.20 Å². The SMILES string of the molecule is CCOc1cncc(N2CCCC(C)(C)C2C(=O)O)n1. The van der Waals surface area contributed by atoms with Gasteiger partial charge in [-0.25, -0.2) is 4.79 Å². The molecule has 2 rings (SSSR count). The van der Waals surface area contributed by atoms with Crippen molar-refractivity contribution in [1.82, 2.24) is 9.97 Å². The summed E-state index contributed by atoms with van der Waals surface area (Å²) in [5.74, 6) is 0.173. The lowest BCUT2D eigenvalue weighted by atomic mass is 9.76. The number of hydrogen-bond acceptors (Lipinski definition) is 5. The van der Waals surface area contributed by atoms with E-state index in [0.717, 1.165) is 12.8 Å². The predicted molar refractivity (Wildman–Crippen MR) is 75.0 cm³/mol. The van der Waals surface area contributed by atoms with Crippen molar-refractivity contribution in [3.8, 4) is 5.88 Å². The van der Waals surface area contributed by atoms with Gasteiger partial charge in [-0.1, -0.05) is 13.8 Å². The van der Waals surface area contributed by atoms with E-state index in [9.17, 15) is 9.90 Å². The van der Waals surface area contributed by atoms with Crippen molar-refractivity contribution >= 4 is 11.8 Å². The Labute approximate surface area is 118 Å². The number of carbonyl (C=O) groups is 1. The number of carboxylic acids is 1. The lowest BCUT2D eigenvalue weighted by Gasteiger charge is -2.44. The molecule has 6 nitrogen and oxygen atoms in total. The van der Waals surface area contributed by atoms with Gasteiger partial charge >= 0.3 is 5.97 Å². The Balaban J connectivity index is 2.33. The molecule has 1 aromatic heterocycles. The average molecular weight is 279 g/mol. The molecule has 1 N–H and O–H groups in total. The van der Waals surface area contributed by atoms with E-state index < -0.39 is 12.0 Å². The summed E-state index contributed by atoms with van der Waals surface area (Å²) in [5, 5.41) is 9.56. The minimum atomic E-state index is -0.821. The summed E-state index contributed by atoms with van der Waals surface area (Å²) in [5.41, 5.74) is -0.298. The Kier molecular flexibility index (Phi) is 4.11. The third kappa shape index (κ3) is 2.84. The van der Waals surface area contributed by atoms with Crippen LogP contribution in [0.5, 0.6) is 5.88 Å². The zero-order chi connectivity index (χ0) is 14.8. The van der Waals surface area contributed by atoms with Gasteiger partial charge in [0.15, 0.2) is 5.82 Å². The zero-order valence-corrected chi connectivity index (χ0v) is 12.2. The second-order valence-electron chi connectivity index (χ2n) is 5.67. The first-order valence-corrected chi connectivity index (χ1v) is 6.90. The van der Waals surface area contributed by atoms with Crippen LogP contribution in [0.3, 0.4) is 0 Å². The minimum absolute atomic E-state index is 0.298. The number of piperidine rings is 1. The number of carboxylic acid groups (broad SMARTS) is 1. The van der Waals surface area contributed by atoms with Crippen LogP contribution in [0.25, 0.3) is 0 Å². The fourth-order valence-corrected chi connectivity index (χ4v) is 2.80. The molecule has 0 bridgehead atoms. The molecule has 0 spiro atoms. The van der Waals surface area contributed by atoms with Gasteiger partial charge in [0.25, 0.3) is 0 Å². The number of aromatic nitrogens is 2. The maximum Gasteiger partial charge on any atom is 0.326 e. The van der Waals surface area contributed by atoms with Crippen LogP contribution < -0.4 is 9.64 Å². The average Bonchev–Trinajstić information content (AvgIpc) is 2.37. The summed E-state index contributed by atoms with van der Waals surface area (Å²) in [6, 6.07) is -0.595. The van der Waals surface area contributed by atoms with Gasteiger partial charge in [0.05, 0.1) is 19.0 Å². The second-order valence-corrected chi connectivity index (χ2v) is 5.67. The summed E-state index contributed by atoms with van der Waals surface area (Å²) in [7, 11) is 0. The number of ether oxygens (including phenoxy) is 1. The zero-order valence-electron chi connectivity index (χ0n) is 12.2. The second kappa shape index (κ2) is 5.64. The van der Waals surface area contributed by atoms with Crippen molar-refractivity contribution in [2.45, 2.75) is 39.7 Å². The highest BCUT2D eigenvalue weighted by Crippen LogP contribution is 2.37. The Morgan fingerprint density at radius 1 is 1.55 bits per heavy atom. The van der Waals surface area contributed by atoms with Gasteiger partial charge in [0.1, 0.15) is 6.04 Å². The van der Waals surface area contributed by atoms with E-state index in [4.69, 9.17) is 4.74 Å². The van der Waals surface area contributed by atoms with Gasteiger partial charge in [-0.3, -0.25) is 4.98 Å². The summed E-state index contributed by atoms with van der Waals surface area (Å²) in [6.45, 7) is 7.02. The van der Waals surface area contributed by atoms with E-state index >= 15 is 0 Å². The van der Waals surface area contributed by atoms with Gasteiger partial charge in [-0.05, 0) is 25.2 Å². The smallest absolute Gasteiger partial charge is 0.326 e. The molecule has 1 aliphatic heterocycles. The van der Waals surface area contributed by atoms with E-state index in [1.54, 1.807) is 6.20 Å². The highest BCUT2D eigenvalue weighted by molar-refractivity contribution is 5.79. The topological polar surface area (TPSA) is 75.5 Å². The summed E-state index contributed by atoms with van der Waals surface area (Å²) < 4.78 is 5.34. The summed E-state index contributed by atoms with van der Waals surface area (Å²) in [6.07, 6.45) is 4.97. The number of hydrogen-bond donors (Lipinski definition) is 1. The molecule has 2 heterocycles. The first kappa shape index (κ1) is 14.6. The first-order chi connectivity index (χ1) is 9.45. The van der Waals surface area contributed by atoms with Crippen LogP contribution in [-0.2, 0) is 4.79 Å². The Hall–Kier alpha value is -1.85. The molecule has 1 aromatic rings. The van der Waals surface area contributed by atoms with E-state index in [-0.39, 0.29) is 5.41 Å². The third-order valence-electron chi connectivity index (χ3n) is 3.69. The lowest BCUT2D eigenvalue weighted by molar-refractivity contribution is -0.142. The Morgan fingerprint density at radius 2 is 2.30 bits per heavy atom.